The number of aromatic nitrogens is 4. The van der Waals surface area contributed by atoms with E-state index in [0.29, 0.717) is 10.1 Å². The molecule has 0 aliphatic rings. The fourth-order valence-electron chi connectivity index (χ4n) is 1.65. The number of rotatable bonds is 4. The molecule has 5 N–H and O–H groups in total. The topological polar surface area (TPSA) is 133 Å². The van der Waals surface area contributed by atoms with E-state index in [1.54, 1.807) is 13.0 Å². The molecule has 0 aliphatic carbocycles. The number of nitrogen functional groups attached to an aromatic ring is 2. The van der Waals surface area contributed by atoms with Gasteiger partial charge in [0.2, 0.25) is 11.1 Å². The van der Waals surface area contributed by atoms with Gasteiger partial charge in [-0.1, -0.05) is 25.2 Å². The van der Waals surface area contributed by atoms with E-state index in [0.717, 1.165) is 5.69 Å². The van der Waals surface area contributed by atoms with E-state index < -0.39 is 0 Å². The van der Waals surface area contributed by atoms with E-state index in [1.807, 2.05) is 13.8 Å². The van der Waals surface area contributed by atoms with Crippen molar-refractivity contribution in [3.8, 4) is 0 Å². The number of carbonyl (C=O) groups is 1. The Labute approximate surface area is 126 Å². The fraction of sp³-hybridized carbons (Fsp3) is 0.417. The summed E-state index contributed by atoms with van der Waals surface area (Å²) in [6.07, 6.45) is 0. The molecule has 0 spiro atoms. The Kier molecular flexibility index (Phi) is 4.32. The highest BCUT2D eigenvalue weighted by atomic mass is 32.1. The molecular formula is C12H17N7OS. The van der Waals surface area contributed by atoms with Gasteiger partial charge in [-0.25, -0.2) is 9.97 Å². The van der Waals surface area contributed by atoms with Crippen LogP contribution in [0.2, 0.25) is 0 Å². The third-order valence-electron chi connectivity index (χ3n) is 2.76. The van der Waals surface area contributed by atoms with Crippen LogP contribution in [-0.4, -0.2) is 26.1 Å². The number of amides is 1. The van der Waals surface area contributed by atoms with Crippen LogP contribution in [0.4, 0.5) is 11.1 Å². The zero-order valence-electron chi connectivity index (χ0n) is 12.0. The zero-order chi connectivity index (χ0) is 15.6. The smallest absolute Gasteiger partial charge is 0.270 e. The van der Waals surface area contributed by atoms with E-state index in [9.17, 15) is 4.79 Å². The first-order chi connectivity index (χ1) is 9.86. The molecular weight excluding hydrogens is 290 g/mol. The molecule has 2 aromatic heterocycles. The summed E-state index contributed by atoms with van der Waals surface area (Å²) in [5.41, 5.74) is 12.1. The number of hydrogen-bond acceptors (Lipinski definition) is 8. The molecule has 8 nitrogen and oxygen atoms in total. The summed E-state index contributed by atoms with van der Waals surface area (Å²) < 4.78 is 0. The second kappa shape index (κ2) is 6.00. The van der Waals surface area contributed by atoms with Crippen LogP contribution < -0.4 is 16.8 Å². The lowest BCUT2D eigenvalue weighted by atomic mass is 10.1. The van der Waals surface area contributed by atoms with Crippen molar-refractivity contribution >= 4 is 28.3 Å². The van der Waals surface area contributed by atoms with E-state index in [2.05, 4.69) is 25.5 Å². The van der Waals surface area contributed by atoms with Gasteiger partial charge >= 0.3 is 0 Å². The van der Waals surface area contributed by atoms with Crippen LogP contribution in [0.3, 0.4) is 0 Å². The van der Waals surface area contributed by atoms with Crippen molar-refractivity contribution in [3.63, 3.8) is 0 Å². The molecule has 2 rings (SSSR count). The summed E-state index contributed by atoms with van der Waals surface area (Å²) in [6.45, 7) is 5.73. The van der Waals surface area contributed by atoms with Gasteiger partial charge in [0.25, 0.3) is 5.91 Å². The molecule has 0 radical (unpaired) electrons. The molecule has 9 heteroatoms. The average Bonchev–Trinajstić information content (AvgIpc) is 2.84. The zero-order valence-corrected chi connectivity index (χ0v) is 12.8. The number of nitrogens with two attached hydrogens (primary N) is 2. The van der Waals surface area contributed by atoms with Crippen LogP contribution in [0, 0.1) is 0 Å². The third-order valence-corrected chi connectivity index (χ3v) is 3.70. The summed E-state index contributed by atoms with van der Waals surface area (Å²) in [5.74, 6) is -0.103. The Hall–Kier alpha value is -2.29. The molecule has 2 heterocycles. The third kappa shape index (κ3) is 3.63. The Morgan fingerprint density at radius 2 is 1.95 bits per heavy atom. The van der Waals surface area contributed by atoms with Gasteiger partial charge in [-0.3, -0.25) is 4.79 Å². The summed E-state index contributed by atoms with van der Waals surface area (Å²) in [6, 6.07) is 1.32. The first-order valence-corrected chi connectivity index (χ1v) is 7.22. The lowest BCUT2D eigenvalue weighted by Crippen LogP contribution is -2.28. The molecule has 0 bridgehead atoms. The maximum absolute atomic E-state index is 12.2. The summed E-state index contributed by atoms with van der Waals surface area (Å²) >= 11 is 1.23. The van der Waals surface area contributed by atoms with E-state index in [-0.39, 0.29) is 29.5 Å². The molecule has 0 aromatic carbocycles. The number of nitrogens with zero attached hydrogens (tertiary/aromatic N) is 4. The maximum atomic E-state index is 12.2. The van der Waals surface area contributed by atoms with Crippen molar-refractivity contribution in [1.29, 1.82) is 0 Å². The molecule has 1 amide bonds. The van der Waals surface area contributed by atoms with Crippen LogP contribution in [0.15, 0.2) is 6.07 Å². The van der Waals surface area contributed by atoms with Crippen molar-refractivity contribution < 1.29 is 4.79 Å². The standard InChI is InChI=1S/C12H17N7OS/c1-5(2)7-4-8(17-11(13)16-7)9(20)15-6(3)10-18-19-12(14)21-10/h4-6H,1-3H3,(H2,14,19)(H,15,20)(H2,13,16,17). The van der Waals surface area contributed by atoms with Crippen LogP contribution in [0.25, 0.3) is 0 Å². The Morgan fingerprint density at radius 1 is 1.24 bits per heavy atom. The van der Waals surface area contributed by atoms with Crippen molar-refractivity contribution in [2.24, 2.45) is 0 Å². The van der Waals surface area contributed by atoms with Gasteiger partial charge in [0.05, 0.1) is 6.04 Å². The van der Waals surface area contributed by atoms with Crippen molar-refractivity contribution in [3.05, 3.63) is 22.5 Å². The van der Waals surface area contributed by atoms with Crippen LogP contribution in [0.1, 0.15) is 53.9 Å². The van der Waals surface area contributed by atoms with Crippen molar-refractivity contribution in [2.75, 3.05) is 11.5 Å². The summed E-state index contributed by atoms with van der Waals surface area (Å²) in [7, 11) is 0. The minimum absolute atomic E-state index is 0.0826. The quantitative estimate of drug-likeness (QED) is 0.770. The average molecular weight is 307 g/mol. The van der Waals surface area contributed by atoms with Crippen LogP contribution >= 0.6 is 11.3 Å². The van der Waals surface area contributed by atoms with Crippen molar-refractivity contribution in [1.82, 2.24) is 25.5 Å². The van der Waals surface area contributed by atoms with Crippen LogP contribution in [-0.2, 0) is 0 Å². The lowest BCUT2D eigenvalue weighted by Gasteiger charge is -2.12. The number of anilines is 2. The molecule has 112 valence electrons. The lowest BCUT2D eigenvalue weighted by molar-refractivity contribution is 0.0934. The summed E-state index contributed by atoms with van der Waals surface area (Å²) in [4.78, 5) is 20.3. The van der Waals surface area contributed by atoms with E-state index >= 15 is 0 Å². The fourth-order valence-corrected chi connectivity index (χ4v) is 2.26. The predicted molar refractivity (Wildman–Crippen MR) is 80.7 cm³/mol. The number of nitrogens with one attached hydrogen (secondary N) is 1. The Morgan fingerprint density at radius 3 is 2.52 bits per heavy atom. The van der Waals surface area contributed by atoms with Gasteiger partial charge in [0.15, 0.2) is 0 Å². The largest absolute Gasteiger partial charge is 0.374 e. The van der Waals surface area contributed by atoms with Gasteiger partial charge in [0.1, 0.15) is 10.7 Å². The molecule has 1 unspecified atom stereocenters. The second-order valence-electron chi connectivity index (χ2n) is 4.86. The highest BCUT2D eigenvalue weighted by Gasteiger charge is 2.17. The van der Waals surface area contributed by atoms with Crippen molar-refractivity contribution in [2.45, 2.75) is 32.7 Å². The molecule has 1 atom stereocenters. The monoisotopic (exact) mass is 307 g/mol. The Balaban J connectivity index is 2.16. The predicted octanol–water partition coefficient (Wildman–Crippen LogP) is 1.11. The highest BCUT2D eigenvalue weighted by Crippen LogP contribution is 2.19. The van der Waals surface area contributed by atoms with Gasteiger partial charge < -0.3 is 16.8 Å². The van der Waals surface area contributed by atoms with Gasteiger partial charge in [0, 0.05) is 5.69 Å². The van der Waals surface area contributed by atoms with Gasteiger partial charge in [-0.15, -0.1) is 10.2 Å². The first kappa shape index (κ1) is 15.1. The van der Waals surface area contributed by atoms with Gasteiger partial charge in [-0.05, 0) is 18.9 Å². The molecule has 0 saturated heterocycles. The first-order valence-electron chi connectivity index (χ1n) is 6.41. The molecule has 0 fully saturated rings. The number of carbonyl (C=O) groups excluding carboxylic acids is 1. The SMILES string of the molecule is CC(C)c1cc(C(=O)NC(C)c2nnc(N)s2)nc(N)n1. The van der Waals surface area contributed by atoms with E-state index in [4.69, 9.17) is 11.5 Å². The van der Waals surface area contributed by atoms with E-state index in [1.165, 1.54) is 11.3 Å². The molecule has 0 aliphatic heterocycles. The highest BCUT2D eigenvalue weighted by molar-refractivity contribution is 7.15. The summed E-state index contributed by atoms with van der Waals surface area (Å²) in [5, 5.41) is 11.4. The molecule has 2 aromatic rings. The number of hydrogen-bond donors (Lipinski definition) is 3. The maximum Gasteiger partial charge on any atom is 0.270 e. The second-order valence-corrected chi connectivity index (χ2v) is 5.91. The van der Waals surface area contributed by atoms with Crippen LogP contribution in [0.5, 0.6) is 0 Å². The minimum Gasteiger partial charge on any atom is -0.374 e. The Bertz CT molecular complexity index is 655. The van der Waals surface area contributed by atoms with Gasteiger partial charge in [-0.2, -0.15) is 0 Å². The molecule has 21 heavy (non-hydrogen) atoms. The minimum atomic E-state index is -0.340. The normalized spacial score (nSPS) is 12.4. The molecule has 0 saturated carbocycles.